The summed E-state index contributed by atoms with van der Waals surface area (Å²) in [7, 11) is 0. The van der Waals surface area contributed by atoms with E-state index in [-0.39, 0.29) is 24.8 Å². The van der Waals surface area contributed by atoms with E-state index in [1.165, 1.54) is 6.92 Å². The number of amides is 1. The van der Waals surface area contributed by atoms with Gasteiger partial charge in [0, 0.05) is 6.54 Å². The van der Waals surface area contributed by atoms with Crippen LogP contribution in [0.1, 0.15) is 26.3 Å². The van der Waals surface area contributed by atoms with Gasteiger partial charge in [0.05, 0.1) is 9.75 Å². The first-order chi connectivity index (χ1) is 10.6. The van der Waals surface area contributed by atoms with Crippen molar-refractivity contribution in [2.45, 2.75) is 13.0 Å². The number of ketones is 1. The lowest BCUT2D eigenvalue weighted by Gasteiger charge is -2.12. The Morgan fingerprint density at radius 3 is 2.50 bits per heavy atom. The summed E-state index contributed by atoms with van der Waals surface area (Å²) in [5, 5.41) is 12.4. The Balaban J connectivity index is 1.76. The van der Waals surface area contributed by atoms with E-state index in [0.29, 0.717) is 15.5 Å². The van der Waals surface area contributed by atoms with Crippen LogP contribution in [0.15, 0.2) is 42.5 Å². The molecule has 0 spiro atoms. The topological polar surface area (TPSA) is 75.6 Å². The van der Waals surface area contributed by atoms with Crippen molar-refractivity contribution in [2.24, 2.45) is 0 Å². The zero-order valence-corrected chi connectivity index (χ0v) is 12.9. The third kappa shape index (κ3) is 4.68. The highest BCUT2D eigenvalue weighted by atomic mass is 32.1. The minimum atomic E-state index is -0.809. The molecule has 0 aliphatic rings. The van der Waals surface area contributed by atoms with Gasteiger partial charge >= 0.3 is 0 Å². The predicted molar refractivity (Wildman–Crippen MR) is 84.6 cm³/mol. The number of hydrogen-bond donors (Lipinski definition) is 2. The molecule has 1 aromatic carbocycles. The lowest BCUT2D eigenvalue weighted by molar-refractivity contribution is 0.0847. The largest absolute Gasteiger partial charge is 0.491 e. The minimum Gasteiger partial charge on any atom is -0.491 e. The molecule has 2 N–H and O–H groups in total. The van der Waals surface area contributed by atoms with Crippen molar-refractivity contribution in [2.75, 3.05) is 13.2 Å². The van der Waals surface area contributed by atoms with E-state index in [4.69, 9.17) is 4.74 Å². The number of hydrogen-bond acceptors (Lipinski definition) is 5. The number of carbonyl (C=O) groups is 2. The van der Waals surface area contributed by atoms with Gasteiger partial charge in [-0.1, -0.05) is 18.2 Å². The predicted octanol–water partition coefficient (Wildman–Crippen LogP) is 2.12. The summed E-state index contributed by atoms with van der Waals surface area (Å²) < 4.78 is 5.40. The van der Waals surface area contributed by atoms with Gasteiger partial charge in [0.25, 0.3) is 5.91 Å². The molecule has 0 aliphatic heterocycles. The second-order valence-electron chi connectivity index (χ2n) is 4.71. The van der Waals surface area contributed by atoms with Gasteiger partial charge in [0.2, 0.25) is 0 Å². The quantitative estimate of drug-likeness (QED) is 0.767. The van der Waals surface area contributed by atoms with Crippen LogP contribution in [0.25, 0.3) is 0 Å². The van der Waals surface area contributed by atoms with Crippen LogP contribution in [0.3, 0.4) is 0 Å². The molecule has 6 heteroatoms. The zero-order chi connectivity index (χ0) is 15.9. The van der Waals surface area contributed by atoms with E-state index in [0.717, 1.165) is 11.3 Å². The van der Waals surface area contributed by atoms with E-state index in [1.54, 1.807) is 24.3 Å². The molecule has 0 saturated carbocycles. The number of rotatable bonds is 7. The molecular formula is C16H17NO4S. The van der Waals surface area contributed by atoms with Gasteiger partial charge < -0.3 is 15.2 Å². The van der Waals surface area contributed by atoms with Gasteiger partial charge in [0.15, 0.2) is 5.78 Å². The summed E-state index contributed by atoms with van der Waals surface area (Å²) in [5.74, 6) is 0.286. The molecular weight excluding hydrogens is 302 g/mol. The molecule has 0 radical (unpaired) electrons. The number of benzene rings is 1. The molecule has 0 saturated heterocycles. The van der Waals surface area contributed by atoms with E-state index in [1.807, 2.05) is 18.2 Å². The van der Waals surface area contributed by atoms with Crippen LogP contribution >= 0.6 is 11.3 Å². The van der Waals surface area contributed by atoms with Crippen LogP contribution in [0.5, 0.6) is 5.75 Å². The van der Waals surface area contributed by atoms with Gasteiger partial charge in [-0.05, 0) is 31.2 Å². The van der Waals surface area contributed by atoms with Gasteiger partial charge in [0.1, 0.15) is 18.5 Å². The smallest absolute Gasteiger partial charge is 0.261 e. The van der Waals surface area contributed by atoms with Crippen molar-refractivity contribution < 1.29 is 19.4 Å². The zero-order valence-electron chi connectivity index (χ0n) is 12.1. The summed E-state index contributed by atoms with van der Waals surface area (Å²) in [5.41, 5.74) is 0. The molecule has 0 aliphatic carbocycles. The van der Waals surface area contributed by atoms with Crippen LogP contribution in [-0.4, -0.2) is 36.1 Å². The van der Waals surface area contributed by atoms with Crippen LogP contribution in [-0.2, 0) is 0 Å². The second kappa shape index (κ2) is 7.72. The molecule has 1 aromatic heterocycles. The number of carbonyl (C=O) groups excluding carboxylic acids is 2. The van der Waals surface area contributed by atoms with Crippen molar-refractivity contribution in [3.05, 3.63) is 52.2 Å². The maximum atomic E-state index is 11.9. The van der Waals surface area contributed by atoms with Gasteiger partial charge in [-0.25, -0.2) is 0 Å². The highest BCUT2D eigenvalue weighted by Gasteiger charge is 2.13. The van der Waals surface area contributed by atoms with Crippen LogP contribution in [0.4, 0.5) is 0 Å². The average Bonchev–Trinajstić information content (AvgIpc) is 3.02. The third-order valence-electron chi connectivity index (χ3n) is 2.86. The highest BCUT2D eigenvalue weighted by molar-refractivity contribution is 7.15. The number of aliphatic hydroxyl groups is 1. The van der Waals surface area contributed by atoms with Crippen molar-refractivity contribution in [3.63, 3.8) is 0 Å². The molecule has 1 amide bonds. The van der Waals surface area contributed by atoms with Crippen LogP contribution < -0.4 is 10.1 Å². The SMILES string of the molecule is CC(=O)c1ccc(C(=O)NCC(O)COc2ccccc2)s1. The maximum absolute atomic E-state index is 11.9. The molecule has 5 nitrogen and oxygen atoms in total. The summed E-state index contributed by atoms with van der Waals surface area (Å²) >= 11 is 1.14. The number of aliphatic hydroxyl groups excluding tert-OH is 1. The Kier molecular flexibility index (Phi) is 5.68. The summed E-state index contributed by atoms with van der Waals surface area (Å²) in [6.07, 6.45) is -0.809. The normalized spacial score (nSPS) is 11.7. The van der Waals surface area contributed by atoms with Crippen molar-refractivity contribution in [3.8, 4) is 5.75 Å². The first kappa shape index (κ1) is 16.2. The minimum absolute atomic E-state index is 0.0691. The third-order valence-corrected chi connectivity index (χ3v) is 4.05. The Labute approximate surface area is 132 Å². The van der Waals surface area contributed by atoms with E-state index in [9.17, 15) is 14.7 Å². The molecule has 0 bridgehead atoms. The summed E-state index contributed by atoms with van der Waals surface area (Å²) in [4.78, 5) is 24.1. The molecule has 1 heterocycles. The van der Waals surface area contributed by atoms with Crippen molar-refractivity contribution in [1.82, 2.24) is 5.32 Å². The molecule has 1 atom stereocenters. The monoisotopic (exact) mass is 319 g/mol. The Hall–Kier alpha value is -2.18. The molecule has 2 aromatic rings. The van der Waals surface area contributed by atoms with Gasteiger partial charge in [-0.15, -0.1) is 11.3 Å². The summed E-state index contributed by atoms with van der Waals surface area (Å²) in [6, 6.07) is 12.4. The molecule has 116 valence electrons. The number of thiophene rings is 1. The van der Waals surface area contributed by atoms with Crippen LogP contribution in [0, 0.1) is 0 Å². The standard InChI is InChI=1S/C16H17NO4S/c1-11(18)14-7-8-15(22-14)16(20)17-9-12(19)10-21-13-5-3-2-4-6-13/h2-8,12,19H,9-10H2,1H3,(H,17,20). The van der Waals surface area contributed by atoms with E-state index >= 15 is 0 Å². The fourth-order valence-corrected chi connectivity index (χ4v) is 2.53. The number of nitrogens with one attached hydrogen (secondary N) is 1. The Bertz CT molecular complexity index is 639. The molecule has 22 heavy (non-hydrogen) atoms. The van der Waals surface area contributed by atoms with E-state index in [2.05, 4.69) is 5.32 Å². The van der Waals surface area contributed by atoms with Gasteiger partial charge in [-0.2, -0.15) is 0 Å². The van der Waals surface area contributed by atoms with Crippen molar-refractivity contribution >= 4 is 23.0 Å². The van der Waals surface area contributed by atoms with E-state index < -0.39 is 6.10 Å². The van der Waals surface area contributed by atoms with Crippen LogP contribution in [0.2, 0.25) is 0 Å². The number of Topliss-reactive ketones (excluding diaryl/α,β-unsaturated/α-hetero) is 1. The van der Waals surface area contributed by atoms with Crippen molar-refractivity contribution in [1.29, 1.82) is 0 Å². The fourth-order valence-electron chi connectivity index (χ4n) is 1.71. The lowest BCUT2D eigenvalue weighted by Crippen LogP contribution is -2.34. The first-order valence-electron chi connectivity index (χ1n) is 6.81. The Morgan fingerprint density at radius 1 is 1.18 bits per heavy atom. The second-order valence-corrected chi connectivity index (χ2v) is 5.79. The fraction of sp³-hybridized carbons (Fsp3) is 0.250. The number of para-hydroxylation sites is 1. The average molecular weight is 319 g/mol. The summed E-state index contributed by atoms with van der Waals surface area (Å²) in [6.45, 7) is 1.63. The first-order valence-corrected chi connectivity index (χ1v) is 7.63. The molecule has 2 rings (SSSR count). The Morgan fingerprint density at radius 2 is 1.86 bits per heavy atom. The maximum Gasteiger partial charge on any atom is 0.261 e. The molecule has 0 fully saturated rings. The highest BCUT2D eigenvalue weighted by Crippen LogP contribution is 2.16. The lowest BCUT2D eigenvalue weighted by atomic mass is 10.3. The number of ether oxygens (including phenoxy) is 1. The van der Waals surface area contributed by atoms with Gasteiger partial charge in [-0.3, -0.25) is 9.59 Å². The molecule has 1 unspecified atom stereocenters.